The lowest BCUT2D eigenvalue weighted by Crippen LogP contribution is -2.51. The van der Waals surface area contributed by atoms with Gasteiger partial charge in [0.15, 0.2) is 0 Å². The Labute approximate surface area is 198 Å². The van der Waals surface area contributed by atoms with Gasteiger partial charge in [0.2, 0.25) is 0 Å². The fourth-order valence-electron chi connectivity index (χ4n) is 4.68. The number of piperazine rings is 1. The molecular weight excluding hydrogens is 429 g/mol. The summed E-state index contributed by atoms with van der Waals surface area (Å²) in [5, 5.41) is 0. The molecule has 5 nitrogen and oxygen atoms in total. The molecule has 0 aliphatic carbocycles. The zero-order valence-corrected chi connectivity index (χ0v) is 19.3. The number of fused-ring (bicyclic) bond motifs is 1. The maximum atomic E-state index is 13.5. The highest BCUT2D eigenvalue weighted by Gasteiger charge is 2.31. The van der Waals surface area contributed by atoms with Crippen LogP contribution in [0.4, 0.5) is 10.1 Å². The average molecular weight is 456 g/mol. The molecule has 34 heavy (non-hydrogen) atoms. The van der Waals surface area contributed by atoms with Gasteiger partial charge in [0.1, 0.15) is 11.5 Å². The molecule has 1 aliphatic rings. The van der Waals surface area contributed by atoms with Crippen LogP contribution in [0, 0.1) is 19.7 Å². The van der Waals surface area contributed by atoms with Gasteiger partial charge in [-0.05, 0) is 66.9 Å². The van der Waals surface area contributed by atoms with Crippen molar-refractivity contribution in [1.29, 1.82) is 0 Å². The van der Waals surface area contributed by atoms with Gasteiger partial charge in [0.05, 0.1) is 0 Å². The van der Waals surface area contributed by atoms with E-state index in [0.29, 0.717) is 43.0 Å². The summed E-state index contributed by atoms with van der Waals surface area (Å²) in [6, 6.07) is 19.7. The Morgan fingerprint density at radius 2 is 1.59 bits per heavy atom. The van der Waals surface area contributed by atoms with Crippen LogP contribution in [0.1, 0.15) is 21.6 Å². The maximum Gasteiger partial charge on any atom is 0.296 e. The maximum absolute atomic E-state index is 13.5. The van der Waals surface area contributed by atoms with Crippen LogP contribution in [0.2, 0.25) is 0 Å². The van der Waals surface area contributed by atoms with Crippen LogP contribution in [-0.2, 0) is 4.79 Å². The summed E-state index contributed by atoms with van der Waals surface area (Å²) in [7, 11) is 0. The van der Waals surface area contributed by atoms with E-state index in [0.717, 1.165) is 5.52 Å². The number of ketones is 1. The van der Waals surface area contributed by atoms with Crippen LogP contribution in [-0.4, -0.2) is 47.2 Å². The van der Waals surface area contributed by atoms with Crippen molar-refractivity contribution in [2.45, 2.75) is 13.8 Å². The minimum Gasteiger partial charge on any atom is -0.368 e. The predicted molar refractivity (Wildman–Crippen MR) is 132 cm³/mol. The summed E-state index contributed by atoms with van der Waals surface area (Å²) in [6.45, 7) is 6.50. The minimum absolute atomic E-state index is 0.309. The quantitative estimate of drug-likeness (QED) is 0.325. The number of benzene rings is 2. The third kappa shape index (κ3) is 3.85. The van der Waals surface area contributed by atoms with Crippen LogP contribution >= 0.6 is 0 Å². The third-order valence-corrected chi connectivity index (χ3v) is 6.73. The van der Waals surface area contributed by atoms with Gasteiger partial charge in [0.25, 0.3) is 11.7 Å². The molecular formula is C28H26FN3O2. The second kappa shape index (κ2) is 8.78. The van der Waals surface area contributed by atoms with E-state index >= 15 is 0 Å². The van der Waals surface area contributed by atoms with Crippen LogP contribution in [0.3, 0.4) is 0 Å². The zero-order chi connectivity index (χ0) is 23.8. The summed E-state index contributed by atoms with van der Waals surface area (Å²) in [5.41, 5.74) is 6.08. The molecule has 1 amide bonds. The molecule has 1 fully saturated rings. The lowest BCUT2D eigenvalue weighted by molar-refractivity contribution is -0.126. The van der Waals surface area contributed by atoms with E-state index < -0.39 is 11.7 Å². The summed E-state index contributed by atoms with van der Waals surface area (Å²) < 4.78 is 15.2. The summed E-state index contributed by atoms with van der Waals surface area (Å²) >= 11 is 0. The van der Waals surface area contributed by atoms with Gasteiger partial charge in [-0.3, -0.25) is 9.59 Å². The Morgan fingerprint density at radius 3 is 2.32 bits per heavy atom. The number of halogens is 1. The van der Waals surface area contributed by atoms with E-state index in [1.165, 1.54) is 28.9 Å². The van der Waals surface area contributed by atoms with E-state index in [1.54, 1.807) is 27.6 Å². The second-order valence-electron chi connectivity index (χ2n) is 8.74. The fraction of sp³-hybridized carbons (Fsp3) is 0.214. The van der Waals surface area contributed by atoms with E-state index in [2.05, 4.69) is 30.9 Å². The summed E-state index contributed by atoms with van der Waals surface area (Å²) in [4.78, 5) is 30.8. The van der Waals surface area contributed by atoms with Gasteiger partial charge in [-0.25, -0.2) is 4.39 Å². The van der Waals surface area contributed by atoms with Crippen LogP contribution in [0.25, 0.3) is 16.6 Å². The second-order valence-corrected chi connectivity index (χ2v) is 8.74. The highest BCUT2D eigenvalue weighted by Crippen LogP contribution is 2.29. The van der Waals surface area contributed by atoms with Gasteiger partial charge in [-0.2, -0.15) is 0 Å². The Kier molecular flexibility index (Phi) is 5.65. The number of anilines is 1. The molecule has 0 bridgehead atoms. The standard InChI is InChI=1S/C28H26FN3O2/c1-19-6-5-8-25(20(19)2)30-14-16-31(17-15-30)28(34)27(33)26-24(21-9-11-22(29)12-10-21)18-23-7-3-4-13-32(23)26/h3-13,18H,14-17H2,1-2H3. The number of nitrogens with zero attached hydrogens (tertiary/aromatic N) is 3. The Morgan fingerprint density at radius 1 is 0.853 bits per heavy atom. The Balaban J connectivity index is 1.41. The zero-order valence-electron chi connectivity index (χ0n) is 19.3. The normalized spacial score (nSPS) is 14.0. The Hall–Kier alpha value is -3.93. The first-order valence-electron chi connectivity index (χ1n) is 11.4. The first kappa shape index (κ1) is 21.9. The van der Waals surface area contributed by atoms with Crippen LogP contribution in [0.15, 0.2) is 72.9 Å². The number of carbonyl (C=O) groups excluding carboxylic acids is 2. The number of pyridine rings is 1. The molecule has 0 N–H and O–H groups in total. The molecule has 0 atom stereocenters. The molecule has 1 saturated heterocycles. The SMILES string of the molecule is Cc1cccc(N2CCN(C(=O)C(=O)c3c(-c4ccc(F)cc4)cc4ccccn34)CC2)c1C. The van der Waals surface area contributed by atoms with E-state index in [4.69, 9.17) is 0 Å². The van der Waals surface area contributed by atoms with Crippen LogP contribution in [0.5, 0.6) is 0 Å². The number of Topliss-reactive ketones (excluding diaryl/α,β-unsaturated/α-hetero) is 1. The fourth-order valence-corrected chi connectivity index (χ4v) is 4.68. The first-order chi connectivity index (χ1) is 16.4. The van der Waals surface area contributed by atoms with Crippen molar-refractivity contribution in [2.75, 3.05) is 31.1 Å². The van der Waals surface area contributed by atoms with Gasteiger partial charge in [-0.15, -0.1) is 0 Å². The molecule has 0 saturated carbocycles. The van der Waals surface area contributed by atoms with Gasteiger partial charge in [-0.1, -0.05) is 30.3 Å². The van der Waals surface area contributed by atoms with E-state index in [9.17, 15) is 14.0 Å². The number of hydrogen-bond acceptors (Lipinski definition) is 3. The molecule has 2 aromatic heterocycles. The van der Waals surface area contributed by atoms with E-state index in [-0.39, 0.29) is 5.82 Å². The van der Waals surface area contributed by atoms with Gasteiger partial charge >= 0.3 is 0 Å². The minimum atomic E-state index is -0.550. The first-order valence-corrected chi connectivity index (χ1v) is 11.4. The Bertz CT molecular complexity index is 1380. The molecule has 4 aromatic rings. The number of carbonyl (C=O) groups is 2. The molecule has 1 aliphatic heterocycles. The number of aromatic nitrogens is 1. The third-order valence-electron chi connectivity index (χ3n) is 6.73. The van der Waals surface area contributed by atoms with Gasteiger partial charge < -0.3 is 14.2 Å². The van der Waals surface area contributed by atoms with Crippen molar-refractivity contribution in [3.8, 4) is 11.1 Å². The summed E-state index contributed by atoms with van der Waals surface area (Å²) in [6.07, 6.45) is 1.78. The number of aryl methyl sites for hydroxylation is 1. The molecule has 0 unspecified atom stereocenters. The van der Waals surface area contributed by atoms with Crippen LogP contribution < -0.4 is 4.90 Å². The predicted octanol–water partition coefficient (Wildman–Crippen LogP) is 4.89. The molecule has 6 heteroatoms. The number of amides is 1. The highest BCUT2D eigenvalue weighted by atomic mass is 19.1. The van der Waals surface area contributed by atoms with Gasteiger partial charge in [0, 0.05) is 49.1 Å². The van der Waals surface area contributed by atoms with Crippen molar-refractivity contribution >= 4 is 22.9 Å². The average Bonchev–Trinajstić information content (AvgIpc) is 3.25. The smallest absolute Gasteiger partial charge is 0.296 e. The molecule has 2 aromatic carbocycles. The highest BCUT2D eigenvalue weighted by molar-refractivity contribution is 6.43. The van der Waals surface area contributed by atoms with E-state index in [1.807, 2.05) is 30.3 Å². The van der Waals surface area contributed by atoms with Crippen molar-refractivity contribution in [2.24, 2.45) is 0 Å². The largest absolute Gasteiger partial charge is 0.368 e. The molecule has 0 spiro atoms. The van der Waals surface area contributed by atoms with Crippen molar-refractivity contribution < 1.29 is 14.0 Å². The molecule has 5 rings (SSSR count). The molecule has 172 valence electrons. The van der Waals surface area contributed by atoms with Crippen molar-refractivity contribution in [3.63, 3.8) is 0 Å². The number of hydrogen-bond donors (Lipinski definition) is 0. The summed E-state index contributed by atoms with van der Waals surface area (Å²) in [5.74, 6) is -1.41. The topological polar surface area (TPSA) is 45.0 Å². The lowest BCUT2D eigenvalue weighted by atomic mass is 10.0. The molecule has 0 radical (unpaired) electrons. The lowest BCUT2D eigenvalue weighted by Gasteiger charge is -2.36. The monoisotopic (exact) mass is 455 g/mol. The molecule has 3 heterocycles. The number of rotatable bonds is 4. The van der Waals surface area contributed by atoms with Crippen molar-refractivity contribution in [1.82, 2.24) is 9.30 Å². The van der Waals surface area contributed by atoms with Crippen molar-refractivity contribution in [3.05, 3.63) is 95.6 Å².